The van der Waals surface area contributed by atoms with Gasteiger partial charge in [0.1, 0.15) is 17.3 Å². The lowest BCUT2D eigenvalue weighted by molar-refractivity contribution is 0.311. The summed E-state index contributed by atoms with van der Waals surface area (Å²) in [4.78, 5) is 13.8. The minimum Gasteiger partial charge on any atom is -0.497 e. The molecule has 4 heterocycles. The van der Waals surface area contributed by atoms with Gasteiger partial charge in [-0.2, -0.15) is 0 Å². The first-order chi connectivity index (χ1) is 14.7. The number of piperazine rings is 1. The maximum Gasteiger partial charge on any atom is 0.155 e. The van der Waals surface area contributed by atoms with E-state index in [2.05, 4.69) is 34.0 Å². The van der Waals surface area contributed by atoms with E-state index in [1.165, 1.54) is 0 Å². The van der Waals surface area contributed by atoms with Crippen molar-refractivity contribution < 1.29 is 4.74 Å². The molecule has 0 radical (unpaired) electrons. The molecule has 1 fully saturated rings. The van der Waals surface area contributed by atoms with E-state index >= 15 is 0 Å². The summed E-state index contributed by atoms with van der Waals surface area (Å²) in [6, 6.07) is 16.1. The summed E-state index contributed by atoms with van der Waals surface area (Å²) in [6.07, 6.45) is 3.60. The van der Waals surface area contributed by atoms with Crippen LogP contribution in [-0.2, 0) is 0 Å². The van der Waals surface area contributed by atoms with Crippen LogP contribution in [0.4, 0.5) is 5.82 Å². The molecule has 0 atom stereocenters. The van der Waals surface area contributed by atoms with E-state index in [-0.39, 0.29) is 0 Å². The van der Waals surface area contributed by atoms with Gasteiger partial charge in [-0.25, -0.2) is 9.50 Å². The normalized spacial score (nSPS) is 14.9. The molecule has 0 unspecified atom stereocenters. The van der Waals surface area contributed by atoms with Crippen LogP contribution < -0.4 is 9.64 Å². The number of rotatable bonds is 4. The lowest BCUT2D eigenvalue weighted by Crippen LogP contribution is -2.44. The second-order valence-corrected chi connectivity index (χ2v) is 7.53. The number of hydrogen-bond donors (Lipinski definition) is 0. The van der Waals surface area contributed by atoms with E-state index in [1.54, 1.807) is 19.5 Å². The Morgan fingerprint density at radius 1 is 0.833 bits per heavy atom. The molecule has 152 valence electrons. The van der Waals surface area contributed by atoms with Crippen LogP contribution in [0, 0.1) is 0 Å². The molecule has 0 amide bonds. The summed E-state index contributed by atoms with van der Waals surface area (Å²) in [6.45, 7) is 4.02. The number of fused-ring (bicyclic) bond motifs is 1. The standard InChI is InChI=1S/C23H24N6O/c1-27-13-15-28(16-14-27)21-8-7-20-25-22(17-3-5-19(30-2)6-4-17)23(29(20)26-21)18-9-11-24-12-10-18/h3-12H,13-16H2,1-2H3. The average Bonchev–Trinajstić information content (AvgIpc) is 3.19. The van der Waals surface area contributed by atoms with Crippen molar-refractivity contribution in [3.8, 4) is 28.3 Å². The van der Waals surface area contributed by atoms with Gasteiger partial charge in [0.2, 0.25) is 0 Å². The topological polar surface area (TPSA) is 58.8 Å². The summed E-state index contributed by atoms with van der Waals surface area (Å²) in [7, 11) is 3.83. The van der Waals surface area contributed by atoms with E-state index in [4.69, 9.17) is 14.8 Å². The SMILES string of the molecule is COc1ccc(-c2nc3ccc(N4CCN(C)CC4)nn3c2-c2ccncc2)cc1. The average molecular weight is 400 g/mol. The summed E-state index contributed by atoms with van der Waals surface area (Å²) >= 11 is 0. The quantitative estimate of drug-likeness (QED) is 0.524. The first-order valence-corrected chi connectivity index (χ1v) is 10.1. The molecule has 30 heavy (non-hydrogen) atoms. The molecule has 0 aliphatic carbocycles. The number of methoxy groups -OCH3 is 1. The zero-order chi connectivity index (χ0) is 20.5. The summed E-state index contributed by atoms with van der Waals surface area (Å²) in [5, 5.41) is 5.00. The number of imidazole rings is 1. The first kappa shape index (κ1) is 18.6. The zero-order valence-electron chi connectivity index (χ0n) is 17.2. The lowest BCUT2D eigenvalue weighted by Gasteiger charge is -2.33. The third-order valence-electron chi connectivity index (χ3n) is 5.61. The van der Waals surface area contributed by atoms with Crippen molar-refractivity contribution >= 4 is 11.5 Å². The molecular weight excluding hydrogens is 376 g/mol. The van der Waals surface area contributed by atoms with E-state index < -0.39 is 0 Å². The minimum absolute atomic E-state index is 0.823. The Morgan fingerprint density at radius 3 is 2.27 bits per heavy atom. The van der Waals surface area contributed by atoms with Crippen molar-refractivity contribution in [2.75, 3.05) is 45.2 Å². The van der Waals surface area contributed by atoms with Crippen molar-refractivity contribution in [3.63, 3.8) is 0 Å². The zero-order valence-corrected chi connectivity index (χ0v) is 17.2. The van der Waals surface area contributed by atoms with Gasteiger partial charge in [-0.15, -0.1) is 5.10 Å². The van der Waals surface area contributed by atoms with Crippen LogP contribution in [-0.4, -0.2) is 64.8 Å². The molecule has 0 saturated carbocycles. The second kappa shape index (κ2) is 7.76. The van der Waals surface area contributed by atoms with Gasteiger partial charge >= 0.3 is 0 Å². The van der Waals surface area contributed by atoms with Gasteiger partial charge in [0.05, 0.1) is 12.8 Å². The highest BCUT2D eigenvalue weighted by atomic mass is 16.5. The molecule has 1 saturated heterocycles. The molecule has 1 aliphatic rings. The van der Waals surface area contributed by atoms with E-state index in [0.717, 1.165) is 65.9 Å². The van der Waals surface area contributed by atoms with Crippen LogP contribution in [0.3, 0.4) is 0 Å². The van der Waals surface area contributed by atoms with E-state index in [0.29, 0.717) is 0 Å². The predicted octanol–water partition coefficient (Wildman–Crippen LogP) is 3.22. The summed E-state index contributed by atoms with van der Waals surface area (Å²) in [5.74, 6) is 1.80. The molecule has 0 spiro atoms. The Balaban J connectivity index is 1.66. The fraction of sp³-hybridized carbons (Fsp3) is 0.261. The van der Waals surface area contributed by atoms with Crippen LogP contribution in [0.25, 0.3) is 28.2 Å². The van der Waals surface area contributed by atoms with Crippen molar-refractivity contribution in [1.82, 2.24) is 24.5 Å². The highest BCUT2D eigenvalue weighted by molar-refractivity contribution is 5.81. The number of hydrogen-bond acceptors (Lipinski definition) is 6. The van der Waals surface area contributed by atoms with Crippen molar-refractivity contribution in [2.45, 2.75) is 0 Å². The summed E-state index contributed by atoms with van der Waals surface area (Å²) < 4.78 is 7.27. The van der Waals surface area contributed by atoms with Crippen molar-refractivity contribution in [1.29, 1.82) is 0 Å². The molecule has 3 aromatic heterocycles. The smallest absolute Gasteiger partial charge is 0.155 e. The number of pyridine rings is 1. The third-order valence-corrected chi connectivity index (χ3v) is 5.61. The number of nitrogens with zero attached hydrogens (tertiary/aromatic N) is 6. The Labute approximate surface area is 175 Å². The number of aromatic nitrogens is 4. The largest absolute Gasteiger partial charge is 0.497 e. The van der Waals surface area contributed by atoms with Crippen LogP contribution >= 0.6 is 0 Å². The Hall–Kier alpha value is -3.45. The molecule has 7 heteroatoms. The first-order valence-electron chi connectivity index (χ1n) is 10.1. The maximum absolute atomic E-state index is 5.31. The molecule has 0 N–H and O–H groups in total. The molecular formula is C23H24N6O. The predicted molar refractivity (Wildman–Crippen MR) is 118 cm³/mol. The van der Waals surface area contributed by atoms with Gasteiger partial charge in [0.15, 0.2) is 5.65 Å². The number of likely N-dealkylation sites (N-methyl/N-ethyl adjacent to an activating group) is 1. The molecule has 5 rings (SSSR count). The van der Waals surface area contributed by atoms with Gasteiger partial charge in [-0.1, -0.05) is 0 Å². The number of benzene rings is 1. The highest BCUT2D eigenvalue weighted by Gasteiger charge is 2.20. The fourth-order valence-corrected chi connectivity index (χ4v) is 3.85. The summed E-state index contributed by atoms with van der Waals surface area (Å²) in [5.41, 5.74) is 4.74. The number of ether oxygens (including phenoxy) is 1. The van der Waals surface area contributed by atoms with Crippen molar-refractivity contribution in [3.05, 3.63) is 60.9 Å². The van der Waals surface area contributed by atoms with Gasteiger partial charge in [0.25, 0.3) is 0 Å². The Morgan fingerprint density at radius 2 is 1.57 bits per heavy atom. The molecule has 4 aromatic rings. The lowest BCUT2D eigenvalue weighted by atomic mass is 10.1. The monoisotopic (exact) mass is 400 g/mol. The maximum atomic E-state index is 5.31. The molecule has 7 nitrogen and oxygen atoms in total. The van der Waals surface area contributed by atoms with Crippen LogP contribution in [0.15, 0.2) is 60.9 Å². The Kier molecular flexibility index (Phi) is 4.80. The van der Waals surface area contributed by atoms with Crippen LogP contribution in [0.5, 0.6) is 5.75 Å². The van der Waals surface area contributed by atoms with Gasteiger partial charge in [-0.05, 0) is 55.6 Å². The van der Waals surface area contributed by atoms with Crippen molar-refractivity contribution in [2.24, 2.45) is 0 Å². The Bertz CT molecular complexity index is 1150. The van der Waals surface area contributed by atoms with E-state index in [9.17, 15) is 0 Å². The van der Waals surface area contributed by atoms with Crippen LogP contribution in [0.1, 0.15) is 0 Å². The van der Waals surface area contributed by atoms with Crippen LogP contribution in [0.2, 0.25) is 0 Å². The number of anilines is 1. The second-order valence-electron chi connectivity index (χ2n) is 7.53. The van der Waals surface area contributed by atoms with Gasteiger partial charge in [-0.3, -0.25) is 4.98 Å². The van der Waals surface area contributed by atoms with E-state index in [1.807, 2.05) is 40.9 Å². The highest BCUT2D eigenvalue weighted by Crippen LogP contribution is 2.33. The third kappa shape index (κ3) is 3.37. The fourth-order valence-electron chi connectivity index (χ4n) is 3.85. The van der Waals surface area contributed by atoms with Gasteiger partial charge < -0.3 is 14.5 Å². The molecule has 1 aliphatic heterocycles. The molecule has 1 aromatic carbocycles. The van der Waals surface area contributed by atoms with Gasteiger partial charge in [0, 0.05) is 49.7 Å². The minimum atomic E-state index is 0.823. The molecule has 0 bridgehead atoms.